The van der Waals surface area contributed by atoms with Gasteiger partial charge in [0.25, 0.3) is 0 Å². The molecule has 1 saturated heterocycles. The molecule has 1 fully saturated rings. The molecule has 1 N–H and O–H groups in total. The standard InChI is InChI=1S/C20H28ClF2N3O4/c1-20(2,3)30-19(28)26-10-8-25(9-11-26)15-5-4-14(6-7-24-17(27)13-21)12-16(15)29-18(22)23/h4-5,12,18H,6-11,13H2,1-3H3,(H,24,27). The van der Waals surface area contributed by atoms with E-state index in [4.69, 9.17) is 21.1 Å². The Hall–Kier alpha value is -2.29. The van der Waals surface area contributed by atoms with Crippen LogP contribution < -0.4 is 15.0 Å². The molecular formula is C20H28ClF2N3O4. The number of carbonyl (C=O) groups excluding carboxylic acids is 2. The first-order valence-electron chi connectivity index (χ1n) is 9.72. The molecule has 1 heterocycles. The minimum atomic E-state index is -2.96. The molecular weight excluding hydrogens is 420 g/mol. The summed E-state index contributed by atoms with van der Waals surface area (Å²) in [6, 6.07) is 5.08. The van der Waals surface area contributed by atoms with Crippen LogP contribution in [0.5, 0.6) is 5.75 Å². The highest BCUT2D eigenvalue weighted by Gasteiger charge is 2.27. The number of ether oxygens (including phenoxy) is 2. The van der Waals surface area contributed by atoms with Crippen LogP contribution in [0.25, 0.3) is 0 Å². The van der Waals surface area contributed by atoms with Gasteiger partial charge in [0.2, 0.25) is 5.91 Å². The average molecular weight is 448 g/mol. The summed E-state index contributed by atoms with van der Waals surface area (Å²) in [7, 11) is 0. The van der Waals surface area contributed by atoms with Crippen LogP contribution >= 0.6 is 11.6 Å². The number of amides is 2. The molecule has 2 amide bonds. The molecule has 7 nitrogen and oxygen atoms in total. The topological polar surface area (TPSA) is 71.1 Å². The summed E-state index contributed by atoms with van der Waals surface area (Å²) in [5.74, 6) is -0.356. The van der Waals surface area contributed by atoms with Crippen molar-refractivity contribution in [1.29, 1.82) is 0 Å². The van der Waals surface area contributed by atoms with Crippen molar-refractivity contribution < 1.29 is 27.8 Å². The number of alkyl halides is 3. The van der Waals surface area contributed by atoms with Crippen molar-refractivity contribution in [2.75, 3.05) is 43.5 Å². The minimum Gasteiger partial charge on any atom is -0.444 e. The maximum absolute atomic E-state index is 12.9. The van der Waals surface area contributed by atoms with Crippen LogP contribution in [-0.2, 0) is 16.0 Å². The molecule has 0 spiro atoms. The molecule has 0 aliphatic carbocycles. The number of hydrogen-bond acceptors (Lipinski definition) is 5. The number of nitrogens with zero attached hydrogens (tertiary/aromatic N) is 2. The molecule has 168 valence electrons. The first-order valence-corrected chi connectivity index (χ1v) is 10.3. The number of anilines is 1. The van der Waals surface area contributed by atoms with Crippen LogP contribution in [-0.4, -0.2) is 67.7 Å². The van der Waals surface area contributed by atoms with Gasteiger partial charge in [-0.2, -0.15) is 8.78 Å². The van der Waals surface area contributed by atoms with Crippen LogP contribution in [0.4, 0.5) is 19.3 Å². The van der Waals surface area contributed by atoms with Gasteiger partial charge in [-0.3, -0.25) is 4.79 Å². The van der Waals surface area contributed by atoms with E-state index in [2.05, 4.69) is 5.32 Å². The molecule has 2 rings (SSSR count). The van der Waals surface area contributed by atoms with Crippen molar-refractivity contribution >= 4 is 29.3 Å². The van der Waals surface area contributed by atoms with Crippen molar-refractivity contribution in [2.45, 2.75) is 39.4 Å². The molecule has 1 aliphatic heterocycles. The van der Waals surface area contributed by atoms with Crippen molar-refractivity contribution in [1.82, 2.24) is 10.2 Å². The van der Waals surface area contributed by atoms with Gasteiger partial charge in [0.1, 0.15) is 17.2 Å². The number of carbonyl (C=O) groups is 2. The molecule has 0 aromatic heterocycles. The predicted octanol–water partition coefficient (Wildman–Crippen LogP) is 3.24. The Morgan fingerprint density at radius 2 is 1.87 bits per heavy atom. The Bertz CT molecular complexity index is 735. The normalized spacial score (nSPS) is 14.6. The summed E-state index contributed by atoms with van der Waals surface area (Å²) >= 11 is 5.43. The first-order chi connectivity index (χ1) is 14.1. The van der Waals surface area contributed by atoms with Gasteiger partial charge >= 0.3 is 12.7 Å². The van der Waals surface area contributed by atoms with Crippen molar-refractivity contribution in [3.63, 3.8) is 0 Å². The lowest BCUT2D eigenvalue weighted by atomic mass is 10.1. The van der Waals surface area contributed by atoms with Gasteiger partial charge in [-0.05, 0) is 44.9 Å². The van der Waals surface area contributed by atoms with E-state index >= 15 is 0 Å². The number of benzene rings is 1. The zero-order valence-corrected chi connectivity index (χ0v) is 18.2. The quantitative estimate of drug-likeness (QED) is 0.650. The first kappa shape index (κ1) is 24.0. The Labute approximate surface area is 180 Å². The molecule has 0 bridgehead atoms. The van der Waals surface area contributed by atoms with Gasteiger partial charge in [0, 0.05) is 32.7 Å². The summed E-state index contributed by atoms with van der Waals surface area (Å²) in [5, 5.41) is 2.63. The lowest BCUT2D eigenvalue weighted by molar-refractivity contribution is -0.118. The minimum absolute atomic E-state index is 0.0666. The third-order valence-corrected chi connectivity index (χ3v) is 4.61. The largest absolute Gasteiger partial charge is 0.444 e. The maximum atomic E-state index is 12.9. The highest BCUT2D eigenvalue weighted by molar-refractivity contribution is 6.27. The zero-order valence-electron chi connectivity index (χ0n) is 17.4. The van der Waals surface area contributed by atoms with E-state index in [0.29, 0.717) is 44.8 Å². The van der Waals surface area contributed by atoms with E-state index in [-0.39, 0.29) is 23.6 Å². The van der Waals surface area contributed by atoms with Gasteiger partial charge in [-0.25, -0.2) is 4.79 Å². The molecule has 0 radical (unpaired) electrons. The van der Waals surface area contributed by atoms with Crippen LogP contribution in [0, 0.1) is 0 Å². The lowest BCUT2D eigenvalue weighted by Crippen LogP contribution is -2.50. The molecule has 0 saturated carbocycles. The van der Waals surface area contributed by atoms with Gasteiger partial charge in [0.05, 0.1) is 5.69 Å². The highest BCUT2D eigenvalue weighted by atomic mass is 35.5. The summed E-state index contributed by atoms with van der Waals surface area (Å²) in [6.45, 7) is 4.54. The van der Waals surface area contributed by atoms with E-state index in [1.54, 1.807) is 43.9 Å². The highest BCUT2D eigenvalue weighted by Crippen LogP contribution is 2.32. The number of nitrogens with one attached hydrogen (secondary N) is 1. The lowest BCUT2D eigenvalue weighted by Gasteiger charge is -2.37. The van der Waals surface area contributed by atoms with Crippen molar-refractivity contribution in [2.24, 2.45) is 0 Å². The fourth-order valence-electron chi connectivity index (χ4n) is 3.02. The Kier molecular flexibility index (Phi) is 8.52. The van der Waals surface area contributed by atoms with Crippen LogP contribution in [0.2, 0.25) is 0 Å². The number of rotatable bonds is 7. The van der Waals surface area contributed by atoms with Gasteiger partial charge in [0.15, 0.2) is 0 Å². The third kappa shape index (κ3) is 7.51. The Morgan fingerprint density at radius 3 is 2.43 bits per heavy atom. The van der Waals surface area contributed by atoms with E-state index < -0.39 is 12.2 Å². The molecule has 30 heavy (non-hydrogen) atoms. The number of halogens is 3. The third-order valence-electron chi connectivity index (χ3n) is 4.37. The summed E-state index contributed by atoms with van der Waals surface area (Å²) < 4.78 is 36.0. The van der Waals surface area contributed by atoms with Crippen molar-refractivity contribution in [3.8, 4) is 5.75 Å². The van der Waals surface area contributed by atoms with E-state index in [1.165, 1.54) is 0 Å². The smallest absolute Gasteiger partial charge is 0.410 e. The van der Waals surface area contributed by atoms with Gasteiger partial charge in [-0.1, -0.05) is 6.07 Å². The van der Waals surface area contributed by atoms with E-state index in [1.807, 2.05) is 4.90 Å². The molecule has 10 heteroatoms. The number of piperazine rings is 1. The molecule has 1 aromatic carbocycles. The van der Waals surface area contributed by atoms with E-state index in [9.17, 15) is 18.4 Å². The van der Waals surface area contributed by atoms with Crippen LogP contribution in [0.15, 0.2) is 18.2 Å². The molecule has 0 atom stereocenters. The van der Waals surface area contributed by atoms with Crippen LogP contribution in [0.3, 0.4) is 0 Å². The second-order valence-corrected chi connectivity index (χ2v) is 8.14. The SMILES string of the molecule is CC(C)(C)OC(=O)N1CCN(c2ccc(CCNC(=O)CCl)cc2OC(F)F)CC1. The summed E-state index contributed by atoms with van der Waals surface area (Å²) in [5.41, 5.74) is 0.704. The predicted molar refractivity (Wildman–Crippen MR) is 111 cm³/mol. The fourth-order valence-corrected chi connectivity index (χ4v) is 3.11. The Morgan fingerprint density at radius 1 is 1.20 bits per heavy atom. The monoisotopic (exact) mass is 447 g/mol. The Balaban J connectivity index is 2.04. The summed E-state index contributed by atoms with van der Waals surface area (Å²) in [6.07, 6.45) is 0.0649. The van der Waals surface area contributed by atoms with Crippen LogP contribution in [0.1, 0.15) is 26.3 Å². The molecule has 0 unspecified atom stereocenters. The van der Waals surface area contributed by atoms with Gasteiger partial charge < -0.3 is 24.6 Å². The molecule has 1 aliphatic rings. The second kappa shape index (κ2) is 10.7. The van der Waals surface area contributed by atoms with Crippen molar-refractivity contribution in [3.05, 3.63) is 23.8 Å². The second-order valence-electron chi connectivity index (χ2n) is 7.87. The molecule has 1 aromatic rings. The fraction of sp³-hybridized carbons (Fsp3) is 0.600. The maximum Gasteiger partial charge on any atom is 0.410 e. The van der Waals surface area contributed by atoms with E-state index in [0.717, 1.165) is 5.56 Å². The number of hydrogen-bond donors (Lipinski definition) is 1. The van der Waals surface area contributed by atoms with Gasteiger partial charge in [-0.15, -0.1) is 11.6 Å². The zero-order chi connectivity index (χ0) is 22.3. The average Bonchev–Trinajstić information content (AvgIpc) is 2.66. The summed E-state index contributed by atoms with van der Waals surface area (Å²) in [4.78, 5) is 26.9.